The lowest BCUT2D eigenvalue weighted by molar-refractivity contribution is -0.120. The summed E-state index contributed by atoms with van der Waals surface area (Å²) in [6.07, 6.45) is 3.13. The molecule has 1 aliphatic heterocycles. The van der Waals surface area contributed by atoms with Gasteiger partial charge in [-0.05, 0) is 45.6 Å². The summed E-state index contributed by atoms with van der Waals surface area (Å²) in [4.78, 5) is 25.2. The third-order valence-electron chi connectivity index (χ3n) is 3.93. The smallest absolute Gasteiger partial charge is 0.248 e. The van der Waals surface area contributed by atoms with E-state index < -0.39 is 0 Å². The minimum Gasteiger partial charge on any atom is -0.356 e. The quantitative estimate of drug-likeness (QED) is 0.631. The lowest BCUT2D eigenvalue weighted by Gasteiger charge is -2.27. The third-order valence-corrected chi connectivity index (χ3v) is 4.81. The van der Waals surface area contributed by atoms with E-state index in [4.69, 9.17) is 0 Å². The normalized spacial score (nSPS) is 17.4. The Morgan fingerprint density at radius 2 is 1.84 bits per heavy atom. The molecule has 0 saturated carbocycles. The summed E-state index contributed by atoms with van der Waals surface area (Å²) in [5.41, 5.74) is 0.267. The van der Waals surface area contributed by atoms with Gasteiger partial charge in [0.15, 0.2) is 0 Å². The average molecular weight is 386 g/mol. The summed E-state index contributed by atoms with van der Waals surface area (Å²) >= 11 is 1.58. The highest BCUT2D eigenvalue weighted by molar-refractivity contribution is 7.10. The first-order valence-corrected chi connectivity index (χ1v) is 9.17. The molecule has 2 rings (SSSR count). The van der Waals surface area contributed by atoms with Gasteiger partial charge >= 0.3 is 0 Å². The van der Waals surface area contributed by atoms with Crippen LogP contribution in [0.5, 0.6) is 0 Å². The lowest BCUT2D eigenvalue weighted by atomic mass is 9.96. The van der Waals surface area contributed by atoms with Crippen LogP contribution in [0.4, 0.5) is 0 Å². The number of carbonyl (C=O) groups is 2. The number of carbonyl (C=O) groups excluding carboxylic acids is 2. The molecule has 0 fully saturated rings. The van der Waals surface area contributed by atoms with Crippen LogP contribution in [0, 0.1) is 0 Å². The molecule has 7 heteroatoms. The second-order valence-electron chi connectivity index (χ2n) is 7.25. The molecule has 3 N–H and O–H groups in total. The maximum atomic E-state index is 12.4. The number of nitrogens with one attached hydrogen (secondary N) is 3. The van der Waals surface area contributed by atoms with Gasteiger partial charge in [0.1, 0.15) is 0 Å². The van der Waals surface area contributed by atoms with Crippen LogP contribution in [-0.2, 0) is 16.0 Å². The van der Waals surface area contributed by atoms with Gasteiger partial charge in [-0.2, -0.15) is 0 Å². The predicted molar refractivity (Wildman–Crippen MR) is 105 cm³/mol. The fourth-order valence-corrected chi connectivity index (χ4v) is 3.75. The van der Waals surface area contributed by atoms with E-state index in [1.54, 1.807) is 11.3 Å². The molecule has 2 amide bonds. The van der Waals surface area contributed by atoms with Gasteiger partial charge < -0.3 is 10.6 Å². The Morgan fingerprint density at radius 3 is 2.40 bits per heavy atom. The molecule has 0 aliphatic carbocycles. The van der Waals surface area contributed by atoms with Crippen LogP contribution in [0.3, 0.4) is 0 Å². The maximum absolute atomic E-state index is 12.4. The zero-order valence-corrected chi connectivity index (χ0v) is 16.9. The van der Waals surface area contributed by atoms with Crippen molar-refractivity contribution in [3.05, 3.63) is 34.0 Å². The molecule has 0 saturated heterocycles. The van der Waals surface area contributed by atoms with E-state index in [1.807, 2.05) is 37.4 Å². The molecule has 0 radical (unpaired) electrons. The van der Waals surface area contributed by atoms with Crippen LogP contribution in [0.1, 0.15) is 39.0 Å². The van der Waals surface area contributed by atoms with E-state index in [9.17, 15) is 9.59 Å². The molecular weight excluding hydrogens is 358 g/mol. The summed E-state index contributed by atoms with van der Waals surface area (Å²) in [6, 6.07) is 3.90. The van der Waals surface area contributed by atoms with Crippen LogP contribution in [0.25, 0.3) is 0 Å². The van der Waals surface area contributed by atoms with Crippen LogP contribution in [0.2, 0.25) is 0 Å². The Hall–Kier alpha value is -1.37. The second kappa shape index (κ2) is 8.83. The van der Waals surface area contributed by atoms with E-state index in [2.05, 4.69) is 29.8 Å². The van der Waals surface area contributed by atoms with Crippen molar-refractivity contribution >= 4 is 35.6 Å². The van der Waals surface area contributed by atoms with Crippen LogP contribution < -0.4 is 16.0 Å². The van der Waals surface area contributed by atoms with E-state index in [0.717, 1.165) is 10.5 Å². The highest BCUT2D eigenvalue weighted by Gasteiger charge is 2.39. The number of hydrogen-bond acceptors (Lipinski definition) is 4. The van der Waals surface area contributed by atoms with E-state index >= 15 is 0 Å². The van der Waals surface area contributed by atoms with Crippen molar-refractivity contribution in [3.8, 4) is 0 Å². The molecule has 0 unspecified atom stereocenters. The van der Waals surface area contributed by atoms with Crippen LogP contribution in [-0.4, -0.2) is 36.0 Å². The predicted octanol–water partition coefficient (Wildman–Crippen LogP) is 2.42. The zero-order valence-electron chi connectivity index (χ0n) is 15.3. The van der Waals surface area contributed by atoms with Crippen LogP contribution >= 0.6 is 23.7 Å². The van der Waals surface area contributed by atoms with Crippen molar-refractivity contribution in [1.82, 2.24) is 16.0 Å². The van der Waals surface area contributed by atoms with E-state index in [0.29, 0.717) is 25.9 Å². The number of halogens is 1. The molecule has 140 valence electrons. The summed E-state index contributed by atoms with van der Waals surface area (Å²) in [5.74, 6) is -0.0163. The van der Waals surface area contributed by atoms with Crippen molar-refractivity contribution in [3.63, 3.8) is 0 Å². The fourth-order valence-electron chi connectivity index (χ4n) is 3.05. The van der Waals surface area contributed by atoms with Gasteiger partial charge in [-0.25, -0.2) is 0 Å². The fraction of sp³-hybridized carbons (Fsp3) is 0.556. The number of amides is 2. The van der Waals surface area contributed by atoms with Gasteiger partial charge in [-0.15, -0.1) is 23.7 Å². The van der Waals surface area contributed by atoms with Gasteiger partial charge in [0.25, 0.3) is 0 Å². The molecule has 0 spiro atoms. The number of rotatable bonds is 7. The van der Waals surface area contributed by atoms with Crippen molar-refractivity contribution in [2.75, 3.05) is 13.1 Å². The van der Waals surface area contributed by atoms with Gasteiger partial charge in [0.2, 0.25) is 11.8 Å². The molecule has 0 bridgehead atoms. The summed E-state index contributed by atoms with van der Waals surface area (Å²) in [7, 11) is 0. The Morgan fingerprint density at radius 1 is 1.16 bits per heavy atom. The highest BCUT2D eigenvalue weighted by atomic mass is 35.5. The van der Waals surface area contributed by atoms with Crippen molar-refractivity contribution in [1.29, 1.82) is 0 Å². The molecule has 0 atom stereocenters. The first-order valence-electron chi connectivity index (χ1n) is 8.29. The standard InChI is InChI=1S/C18H27N3O2S.ClH/c1-17(2)12-14(18(3,4)21-17)16(23)20-9-6-8-19-15(22)11-13-7-5-10-24-13;/h5,7,10,12,21H,6,8-9,11H2,1-4H3,(H,19,22)(H,20,23);1H. The molecular formula is C18H28ClN3O2S. The number of thiophene rings is 1. The Labute approximate surface area is 160 Å². The lowest BCUT2D eigenvalue weighted by Crippen LogP contribution is -2.47. The molecule has 1 aromatic heterocycles. The Balaban J connectivity index is 0.00000312. The van der Waals surface area contributed by atoms with Gasteiger partial charge in [0.05, 0.1) is 6.42 Å². The molecule has 2 heterocycles. The maximum Gasteiger partial charge on any atom is 0.248 e. The van der Waals surface area contributed by atoms with Gasteiger partial charge in [-0.3, -0.25) is 14.9 Å². The summed E-state index contributed by atoms with van der Waals surface area (Å²) in [6.45, 7) is 9.24. The SMILES string of the molecule is CC1(C)C=C(C(=O)NCCCNC(=O)Cc2cccs2)C(C)(C)N1.Cl. The average Bonchev–Trinajstić information content (AvgIpc) is 3.03. The highest BCUT2D eigenvalue weighted by Crippen LogP contribution is 2.29. The minimum atomic E-state index is -0.331. The van der Waals surface area contributed by atoms with Gasteiger partial charge in [0, 0.05) is 34.6 Å². The topological polar surface area (TPSA) is 70.2 Å². The Kier molecular flexibility index (Phi) is 7.65. The van der Waals surface area contributed by atoms with Crippen molar-refractivity contribution in [2.24, 2.45) is 0 Å². The monoisotopic (exact) mass is 385 g/mol. The first kappa shape index (κ1) is 21.7. The molecule has 1 aliphatic rings. The summed E-state index contributed by atoms with van der Waals surface area (Å²) in [5, 5.41) is 11.2. The molecule has 25 heavy (non-hydrogen) atoms. The largest absolute Gasteiger partial charge is 0.356 e. The summed E-state index contributed by atoms with van der Waals surface area (Å²) < 4.78 is 0. The Bertz CT molecular complexity index is 624. The van der Waals surface area contributed by atoms with Crippen molar-refractivity contribution < 1.29 is 9.59 Å². The van der Waals surface area contributed by atoms with E-state index in [1.165, 1.54) is 0 Å². The third kappa shape index (κ3) is 6.45. The van der Waals surface area contributed by atoms with Crippen LogP contribution in [0.15, 0.2) is 29.2 Å². The first-order chi connectivity index (χ1) is 11.2. The van der Waals surface area contributed by atoms with Gasteiger partial charge in [-0.1, -0.05) is 12.1 Å². The molecule has 5 nitrogen and oxygen atoms in total. The van der Waals surface area contributed by atoms with Crippen molar-refractivity contribution in [2.45, 2.75) is 51.6 Å². The minimum absolute atomic E-state index is 0. The molecule has 1 aromatic rings. The van der Waals surface area contributed by atoms with E-state index in [-0.39, 0.29) is 35.3 Å². The second-order valence-corrected chi connectivity index (χ2v) is 8.28. The number of hydrogen-bond donors (Lipinski definition) is 3. The zero-order chi connectivity index (χ0) is 17.8. The molecule has 0 aromatic carbocycles.